The first-order chi connectivity index (χ1) is 13.7. The minimum Gasteiger partial charge on any atom is -0.380 e. The second kappa shape index (κ2) is 9.90. The van der Waals surface area contributed by atoms with Gasteiger partial charge >= 0.3 is 6.03 Å². The monoisotopic (exact) mass is 381 g/mol. The van der Waals surface area contributed by atoms with Crippen LogP contribution in [0.25, 0.3) is 0 Å². The Morgan fingerprint density at radius 3 is 2.32 bits per heavy atom. The Morgan fingerprint density at radius 1 is 1.00 bits per heavy atom. The summed E-state index contributed by atoms with van der Waals surface area (Å²) in [5.74, 6) is -0.0213. The fourth-order valence-corrected chi connectivity index (χ4v) is 3.38. The minimum atomic E-state index is -0.590. The number of rotatable bonds is 7. The summed E-state index contributed by atoms with van der Waals surface area (Å²) in [6, 6.07) is 16.2. The topological polar surface area (TPSA) is 70.7 Å². The number of carbonyl (C=O) groups excluding carboxylic acids is 2. The molecule has 1 saturated heterocycles. The van der Waals surface area contributed by atoms with Gasteiger partial charge in [-0.3, -0.25) is 4.79 Å². The molecular weight excluding hydrogens is 354 g/mol. The number of urea groups is 1. The predicted octanol–water partition coefficient (Wildman–Crippen LogP) is 3.19. The van der Waals surface area contributed by atoms with Gasteiger partial charge in [0.1, 0.15) is 6.04 Å². The van der Waals surface area contributed by atoms with E-state index in [2.05, 4.69) is 10.6 Å². The molecule has 0 radical (unpaired) electrons. The third-order valence-electron chi connectivity index (χ3n) is 4.83. The highest BCUT2D eigenvalue weighted by Crippen LogP contribution is 2.13. The zero-order chi connectivity index (χ0) is 19.8. The third kappa shape index (κ3) is 5.57. The van der Waals surface area contributed by atoms with Gasteiger partial charge in [-0.1, -0.05) is 42.5 Å². The van der Waals surface area contributed by atoms with Gasteiger partial charge in [-0.05, 0) is 36.1 Å². The Kier molecular flexibility index (Phi) is 7.03. The van der Waals surface area contributed by atoms with Crippen molar-refractivity contribution in [1.82, 2.24) is 10.2 Å². The van der Waals surface area contributed by atoms with Gasteiger partial charge in [-0.25, -0.2) is 4.79 Å². The standard InChI is InChI=1S/C22H27N3O3/c1-28-16-18-9-11-19(12-10-18)23-22(27)24-20(15-17-7-3-2-4-8-17)21(26)25-13-5-6-14-25/h2-4,7-12,20H,5-6,13-16H2,1H3,(H2,23,24,27)/t20-/m0/s1. The Bertz CT molecular complexity index is 771. The lowest BCUT2D eigenvalue weighted by Crippen LogP contribution is -2.50. The maximum Gasteiger partial charge on any atom is 0.319 e. The molecule has 148 valence electrons. The van der Waals surface area contributed by atoms with Crippen molar-refractivity contribution in [3.63, 3.8) is 0 Å². The molecule has 3 rings (SSSR count). The molecule has 0 spiro atoms. The molecule has 0 saturated carbocycles. The summed E-state index contributed by atoms with van der Waals surface area (Å²) in [6.45, 7) is 2.04. The second-order valence-electron chi connectivity index (χ2n) is 7.00. The first kappa shape index (κ1) is 19.9. The molecule has 2 aromatic rings. The number of nitrogens with zero attached hydrogens (tertiary/aromatic N) is 1. The van der Waals surface area contributed by atoms with Gasteiger partial charge in [0.05, 0.1) is 6.61 Å². The largest absolute Gasteiger partial charge is 0.380 e. The highest BCUT2D eigenvalue weighted by atomic mass is 16.5. The van der Waals surface area contributed by atoms with Gasteiger partial charge in [0.2, 0.25) is 5.91 Å². The first-order valence-corrected chi connectivity index (χ1v) is 9.64. The van der Waals surface area contributed by atoms with E-state index < -0.39 is 6.04 Å². The number of amides is 3. The number of ether oxygens (including phenoxy) is 1. The van der Waals surface area contributed by atoms with Gasteiger partial charge in [-0.2, -0.15) is 0 Å². The van der Waals surface area contributed by atoms with Gasteiger partial charge in [-0.15, -0.1) is 0 Å². The summed E-state index contributed by atoms with van der Waals surface area (Å²) in [4.78, 5) is 27.3. The summed E-state index contributed by atoms with van der Waals surface area (Å²) >= 11 is 0. The van der Waals surface area contributed by atoms with E-state index in [-0.39, 0.29) is 11.9 Å². The molecule has 1 aliphatic rings. The van der Waals surface area contributed by atoms with Crippen molar-refractivity contribution < 1.29 is 14.3 Å². The Morgan fingerprint density at radius 2 is 1.68 bits per heavy atom. The molecule has 0 unspecified atom stereocenters. The highest BCUT2D eigenvalue weighted by Gasteiger charge is 2.28. The minimum absolute atomic E-state index is 0.0213. The fourth-order valence-electron chi connectivity index (χ4n) is 3.38. The van der Waals surface area contributed by atoms with Crippen LogP contribution in [0, 0.1) is 0 Å². The molecular formula is C22H27N3O3. The fraction of sp³-hybridized carbons (Fsp3) is 0.364. The number of benzene rings is 2. The van der Waals surface area contributed by atoms with Crippen LogP contribution in [0.1, 0.15) is 24.0 Å². The third-order valence-corrected chi connectivity index (χ3v) is 4.83. The van der Waals surface area contributed by atoms with Crippen molar-refractivity contribution in [2.24, 2.45) is 0 Å². The lowest BCUT2D eigenvalue weighted by Gasteiger charge is -2.24. The Balaban J connectivity index is 1.65. The van der Waals surface area contributed by atoms with E-state index in [0.29, 0.717) is 18.7 Å². The van der Waals surface area contributed by atoms with E-state index in [1.165, 1.54) is 0 Å². The van der Waals surface area contributed by atoms with Gasteiger partial charge < -0.3 is 20.3 Å². The molecule has 1 atom stereocenters. The number of anilines is 1. The molecule has 1 aliphatic heterocycles. The van der Waals surface area contributed by atoms with Crippen LogP contribution in [0.15, 0.2) is 54.6 Å². The molecule has 6 heteroatoms. The average Bonchev–Trinajstić information content (AvgIpc) is 3.24. The van der Waals surface area contributed by atoms with Gasteiger partial charge in [0.15, 0.2) is 0 Å². The van der Waals surface area contributed by atoms with Crippen LogP contribution in [0.3, 0.4) is 0 Å². The average molecular weight is 381 g/mol. The maximum absolute atomic E-state index is 12.9. The quantitative estimate of drug-likeness (QED) is 0.774. The zero-order valence-corrected chi connectivity index (χ0v) is 16.2. The van der Waals surface area contributed by atoms with E-state index in [1.54, 1.807) is 7.11 Å². The number of hydrogen-bond acceptors (Lipinski definition) is 3. The van der Waals surface area contributed by atoms with Gasteiger partial charge in [0.25, 0.3) is 0 Å². The van der Waals surface area contributed by atoms with Crippen LogP contribution in [-0.2, 0) is 22.6 Å². The number of methoxy groups -OCH3 is 1. The lowest BCUT2D eigenvalue weighted by atomic mass is 10.0. The molecule has 2 aromatic carbocycles. The lowest BCUT2D eigenvalue weighted by molar-refractivity contribution is -0.132. The molecule has 0 aromatic heterocycles. The van der Waals surface area contributed by atoms with E-state index in [1.807, 2.05) is 59.5 Å². The molecule has 1 heterocycles. The van der Waals surface area contributed by atoms with E-state index in [4.69, 9.17) is 4.74 Å². The number of carbonyl (C=O) groups is 2. The molecule has 1 fully saturated rings. The van der Waals surface area contributed by atoms with Crippen LogP contribution < -0.4 is 10.6 Å². The van der Waals surface area contributed by atoms with Crippen LogP contribution in [0.2, 0.25) is 0 Å². The van der Waals surface area contributed by atoms with Crippen molar-refractivity contribution in [3.05, 3.63) is 65.7 Å². The summed E-state index contributed by atoms with van der Waals surface area (Å²) < 4.78 is 5.09. The first-order valence-electron chi connectivity index (χ1n) is 9.64. The zero-order valence-electron chi connectivity index (χ0n) is 16.2. The molecule has 0 bridgehead atoms. The molecule has 28 heavy (non-hydrogen) atoms. The molecule has 6 nitrogen and oxygen atoms in total. The number of likely N-dealkylation sites (tertiary alicyclic amines) is 1. The molecule has 2 N–H and O–H groups in total. The van der Waals surface area contributed by atoms with Crippen molar-refractivity contribution >= 4 is 17.6 Å². The van der Waals surface area contributed by atoms with Crippen molar-refractivity contribution in [2.45, 2.75) is 31.9 Å². The summed E-state index contributed by atoms with van der Waals surface area (Å²) in [7, 11) is 1.64. The second-order valence-corrected chi connectivity index (χ2v) is 7.00. The Hall–Kier alpha value is -2.86. The SMILES string of the molecule is COCc1ccc(NC(=O)N[C@@H](Cc2ccccc2)C(=O)N2CCCC2)cc1. The van der Waals surface area contributed by atoms with E-state index in [0.717, 1.165) is 37.1 Å². The highest BCUT2D eigenvalue weighted by molar-refractivity contribution is 5.94. The summed E-state index contributed by atoms with van der Waals surface area (Å²) in [5.41, 5.74) is 2.72. The summed E-state index contributed by atoms with van der Waals surface area (Å²) in [6.07, 6.45) is 2.50. The Labute approximate surface area is 165 Å². The van der Waals surface area contributed by atoms with Gasteiger partial charge in [0, 0.05) is 32.3 Å². The normalized spacial score (nSPS) is 14.5. The van der Waals surface area contributed by atoms with E-state index in [9.17, 15) is 9.59 Å². The molecule has 3 amide bonds. The number of hydrogen-bond donors (Lipinski definition) is 2. The summed E-state index contributed by atoms with van der Waals surface area (Å²) in [5, 5.41) is 5.68. The smallest absolute Gasteiger partial charge is 0.319 e. The van der Waals surface area contributed by atoms with Crippen LogP contribution >= 0.6 is 0 Å². The molecule has 0 aliphatic carbocycles. The van der Waals surface area contributed by atoms with E-state index >= 15 is 0 Å². The number of nitrogens with one attached hydrogen (secondary N) is 2. The maximum atomic E-state index is 12.9. The van der Waals surface area contributed by atoms with Crippen molar-refractivity contribution in [3.8, 4) is 0 Å². The van der Waals surface area contributed by atoms with Crippen LogP contribution in [0.4, 0.5) is 10.5 Å². The predicted molar refractivity (Wildman–Crippen MR) is 109 cm³/mol. The van der Waals surface area contributed by atoms with Crippen LogP contribution in [0.5, 0.6) is 0 Å². The van der Waals surface area contributed by atoms with Crippen molar-refractivity contribution in [1.29, 1.82) is 0 Å². The van der Waals surface area contributed by atoms with Crippen LogP contribution in [-0.4, -0.2) is 43.1 Å². The van der Waals surface area contributed by atoms with Crippen molar-refractivity contribution in [2.75, 3.05) is 25.5 Å².